The van der Waals surface area contributed by atoms with E-state index < -0.39 is 0 Å². The Kier molecular flexibility index (Phi) is 4.60. The summed E-state index contributed by atoms with van der Waals surface area (Å²) in [5.74, 6) is 0.737. The van der Waals surface area contributed by atoms with Crippen LogP contribution in [0.5, 0.6) is 0 Å². The van der Waals surface area contributed by atoms with Gasteiger partial charge in [-0.3, -0.25) is 0 Å². The molecular formula is C13H28N2. The van der Waals surface area contributed by atoms with Crippen LogP contribution in [0.2, 0.25) is 0 Å². The molecule has 90 valence electrons. The summed E-state index contributed by atoms with van der Waals surface area (Å²) in [6, 6.07) is 1.22. The first kappa shape index (κ1) is 13.0. The van der Waals surface area contributed by atoms with Gasteiger partial charge in [0.1, 0.15) is 0 Å². The molecule has 0 aliphatic heterocycles. The van der Waals surface area contributed by atoms with E-state index in [1.165, 1.54) is 25.7 Å². The highest BCUT2D eigenvalue weighted by Gasteiger charge is 2.31. The number of nitrogens with one attached hydrogen (secondary N) is 1. The van der Waals surface area contributed by atoms with Gasteiger partial charge >= 0.3 is 0 Å². The van der Waals surface area contributed by atoms with Gasteiger partial charge < -0.3 is 11.1 Å². The van der Waals surface area contributed by atoms with Crippen molar-refractivity contribution in [1.29, 1.82) is 0 Å². The molecule has 0 spiro atoms. The van der Waals surface area contributed by atoms with Gasteiger partial charge in [0.25, 0.3) is 0 Å². The summed E-state index contributed by atoms with van der Waals surface area (Å²) in [4.78, 5) is 0. The maximum absolute atomic E-state index is 5.80. The zero-order chi connectivity index (χ0) is 11.5. The lowest BCUT2D eigenvalue weighted by Gasteiger charge is -2.24. The lowest BCUT2D eigenvalue weighted by molar-refractivity contribution is 0.336. The van der Waals surface area contributed by atoms with E-state index in [4.69, 9.17) is 5.73 Å². The molecular weight excluding hydrogens is 184 g/mol. The number of nitrogens with two attached hydrogens (primary N) is 1. The van der Waals surface area contributed by atoms with E-state index in [1.54, 1.807) is 0 Å². The Morgan fingerprint density at radius 1 is 1.40 bits per heavy atom. The summed E-state index contributed by atoms with van der Waals surface area (Å²) < 4.78 is 0. The largest absolute Gasteiger partial charge is 0.329 e. The summed E-state index contributed by atoms with van der Waals surface area (Å²) in [7, 11) is 0. The van der Waals surface area contributed by atoms with Crippen molar-refractivity contribution in [3.05, 3.63) is 0 Å². The zero-order valence-corrected chi connectivity index (χ0v) is 10.8. The predicted molar refractivity (Wildman–Crippen MR) is 66.9 cm³/mol. The first-order valence-corrected chi connectivity index (χ1v) is 6.39. The normalized spacial score (nSPS) is 27.2. The molecule has 1 rings (SSSR count). The van der Waals surface area contributed by atoms with Gasteiger partial charge in [0.05, 0.1) is 0 Å². The van der Waals surface area contributed by atoms with Gasteiger partial charge in [0, 0.05) is 18.6 Å². The van der Waals surface area contributed by atoms with Gasteiger partial charge in [-0.2, -0.15) is 0 Å². The van der Waals surface area contributed by atoms with Gasteiger partial charge in [-0.1, -0.05) is 27.7 Å². The van der Waals surface area contributed by atoms with E-state index in [-0.39, 0.29) is 0 Å². The molecule has 0 heterocycles. The number of hydrogen-bond donors (Lipinski definition) is 2. The quantitative estimate of drug-likeness (QED) is 0.735. The van der Waals surface area contributed by atoms with Crippen LogP contribution in [-0.4, -0.2) is 18.6 Å². The molecule has 2 unspecified atom stereocenters. The van der Waals surface area contributed by atoms with Crippen LogP contribution in [0, 0.1) is 11.3 Å². The fraction of sp³-hybridized carbons (Fsp3) is 1.00. The topological polar surface area (TPSA) is 38.0 Å². The Morgan fingerprint density at radius 2 is 2.07 bits per heavy atom. The Morgan fingerprint density at radius 3 is 2.47 bits per heavy atom. The maximum atomic E-state index is 5.80. The van der Waals surface area contributed by atoms with E-state index in [0.29, 0.717) is 17.5 Å². The van der Waals surface area contributed by atoms with E-state index in [0.717, 1.165) is 12.5 Å². The highest BCUT2D eigenvalue weighted by molar-refractivity contribution is 4.88. The number of rotatable bonds is 5. The van der Waals surface area contributed by atoms with Gasteiger partial charge in [-0.15, -0.1) is 0 Å². The van der Waals surface area contributed by atoms with Crippen molar-refractivity contribution in [2.24, 2.45) is 17.1 Å². The van der Waals surface area contributed by atoms with Crippen LogP contribution in [0.15, 0.2) is 0 Å². The Balaban J connectivity index is 2.33. The Labute approximate surface area is 95.0 Å². The second kappa shape index (κ2) is 5.31. The van der Waals surface area contributed by atoms with Crippen LogP contribution in [0.4, 0.5) is 0 Å². The van der Waals surface area contributed by atoms with Crippen LogP contribution < -0.4 is 11.1 Å². The predicted octanol–water partition coefficient (Wildman–Crippen LogP) is 2.53. The monoisotopic (exact) mass is 212 g/mol. The fourth-order valence-corrected chi connectivity index (χ4v) is 2.71. The summed E-state index contributed by atoms with van der Waals surface area (Å²) in [6.07, 6.45) is 5.18. The summed E-state index contributed by atoms with van der Waals surface area (Å²) >= 11 is 0. The van der Waals surface area contributed by atoms with Crippen LogP contribution >= 0.6 is 0 Å². The second-order valence-electron chi connectivity index (χ2n) is 6.33. The second-order valence-corrected chi connectivity index (χ2v) is 6.33. The van der Waals surface area contributed by atoms with E-state index in [2.05, 4.69) is 33.0 Å². The van der Waals surface area contributed by atoms with Crippen molar-refractivity contribution in [3.8, 4) is 0 Å². The average molecular weight is 212 g/mol. The van der Waals surface area contributed by atoms with Crippen molar-refractivity contribution < 1.29 is 0 Å². The first-order chi connectivity index (χ1) is 6.93. The molecule has 0 aromatic rings. The third-order valence-corrected chi connectivity index (χ3v) is 3.48. The molecule has 0 amide bonds. The Bertz CT molecular complexity index is 187. The zero-order valence-electron chi connectivity index (χ0n) is 10.8. The van der Waals surface area contributed by atoms with Crippen LogP contribution in [0.25, 0.3) is 0 Å². The van der Waals surface area contributed by atoms with Gasteiger partial charge in [0.2, 0.25) is 0 Å². The molecule has 15 heavy (non-hydrogen) atoms. The lowest BCUT2D eigenvalue weighted by atomic mass is 9.91. The third kappa shape index (κ3) is 4.52. The van der Waals surface area contributed by atoms with E-state index in [1.807, 2.05) is 0 Å². The molecule has 1 fully saturated rings. The van der Waals surface area contributed by atoms with E-state index in [9.17, 15) is 0 Å². The van der Waals surface area contributed by atoms with Crippen LogP contribution in [-0.2, 0) is 0 Å². The highest BCUT2D eigenvalue weighted by Crippen LogP contribution is 2.37. The molecule has 2 nitrogen and oxygen atoms in total. The first-order valence-electron chi connectivity index (χ1n) is 6.39. The summed E-state index contributed by atoms with van der Waals surface area (Å²) in [5.41, 5.74) is 6.34. The van der Waals surface area contributed by atoms with Crippen LogP contribution in [0.3, 0.4) is 0 Å². The van der Waals surface area contributed by atoms with Crippen molar-refractivity contribution >= 4 is 0 Å². The van der Waals surface area contributed by atoms with Crippen molar-refractivity contribution in [2.75, 3.05) is 6.54 Å². The smallest absolute Gasteiger partial charge is 0.0195 e. The van der Waals surface area contributed by atoms with Gasteiger partial charge in [-0.25, -0.2) is 0 Å². The third-order valence-electron chi connectivity index (χ3n) is 3.48. The SMILES string of the molecule is CC(C)CC(CN)NC1CCC(C)(C)C1. The molecule has 3 N–H and O–H groups in total. The molecule has 1 saturated carbocycles. The minimum absolute atomic E-state index is 0.517. The minimum Gasteiger partial charge on any atom is -0.329 e. The fourth-order valence-electron chi connectivity index (χ4n) is 2.71. The molecule has 0 aromatic carbocycles. The van der Waals surface area contributed by atoms with E-state index >= 15 is 0 Å². The van der Waals surface area contributed by atoms with Crippen LogP contribution in [0.1, 0.15) is 53.4 Å². The summed E-state index contributed by atoms with van der Waals surface area (Å²) in [5, 5.41) is 3.73. The molecule has 1 aliphatic carbocycles. The highest BCUT2D eigenvalue weighted by atomic mass is 15.0. The van der Waals surface area contributed by atoms with Crippen molar-refractivity contribution in [3.63, 3.8) is 0 Å². The molecule has 1 aliphatic rings. The standard InChI is InChI=1S/C13H28N2/c1-10(2)7-12(9-14)15-11-5-6-13(3,4)8-11/h10-12,15H,5-9,14H2,1-4H3. The van der Waals surface area contributed by atoms with Crippen molar-refractivity contribution in [1.82, 2.24) is 5.32 Å². The number of hydrogen-bond acceptors (Lipinski definition) is 2. The Hall–Kier alpha value is -0.0800. The molecule has 0 saturated heterocycles. The molecule has 0 bridgehead atoms. The van der Waals surface area contributed by atoms with Crippen molar-refractivity contribution in [2.45, 2.75) is 65.5 Å². The molecule has 0 radical (unpaired) electrons. The maximum Gasteiger partial charge on any atom is 0.0195 e. The lowest BCUT2D eigenvalue weighted by Crippen LogP contribution is -2.42. The molecule has 2 heteroatoms. The van der Waals surface area contributed by atoms with Gasteiger partial charge in [0.15, 0.2) is 0 Å². The molecule has 2 atom stereocenters. The minimum atomic E-state index is 0.517. The summed E-state index contributed by atoms with van der Waals surface area (Å²) in [6.45, 7) is 10.0. The average Bonchev–Trinajstić information content (AvgIpc) is 2.43. The van der Waals surface area contributed by atoms with Gasteiger partial charge in [-0.05, 0) is 37.0 Å². The molecule has 0 aromatic heterocycles.